The number of benzene rings is 2. The van der Waals surface area contributed by atoms with E-state index in [9.17, 15) is 0 Å². The van der Waals surface area contributed by atoms with Crippen LogP contribution >= 0.6 is 0 Å². The second-order valence-corrected chi connectivity index (χ2v) is 7.58. The summed E-state index contributed by atoms with van der Waals surface area (Å²) < 4.78 is 9.84. The van der Waals surface area contributed by atoms with Crippen LogP contribution in [-0.2, 0) is 7.05 Å². The van der Waals surface area contributed by atoms with Gasteiger partial charge in [-0.2, -0.15) is 5.10 Å². The van der Waals surface area contributed by atoms with Gasteiger partial charge in [0.05, 0.1) is 36.6 Å². The lowest BCUT2D eigenvalue weighted by Gasteiger charge is -2.18. The van der Waals surface area contributed by atoms with Gasteiger partial charge in [0.1, 0.15) is 17.1 Å². The van der Waals surface area contributed by atoms with Crippen molar-refractivity contribution in [1.29, 1.82) is 0 Å². The second-order valence-electron chi connectivity index (χ2n) is 7.58. The highest BCUT2D eigenvalue weighted by Gasteiger charge is 2.19. The molecule has 0 saturated carbocycles. The topological polar surface area (TPSA) is 57.8 Å². The van der Waals surface area contributed by atoms with E-state index in [-0.39, 0.29) is 6.04 Å². The fourth-order valence-electron chi connectivity index (χ4n) is 4.23. The SMILES string of the molecule is COc1cc2c(cc1-c1cnn(C)c1)ncc1nc(C)n([C@H](C)c3ccccc3)c12. The molecule has 6 nitrogen and oxygen atoms in total. The molecule has 150 valence electrons. The molecular formula is C24H23N5O. The number of rotatable bonds is 4. The van der Waals surface area contributed by atoms with Gasteiger partial charge < -0.3 is 9.30 Å². The van der Waals surface area contributed by atoms with Crippen LogP contribution in [0.15, 0.2) is 61.1 Å². The zero-order chi connectivity index (χ0) is 20.8. The minimum atomic E-state index is 0.144. The number of pyridine rings is 1. The molecule has 0 radical (unpaired) electrons. The number of ether oxygens (including phenoxy) is 1. The summed E-state index contributed by atoms with van der Waals surface area (Å²) in [5, 5.41) is 5.33. The highest BCUT2D eigenvalue weighted by atomic mass is 16.5. The van der Waals surface area contributed by atoms with Crippen molar-refractivity contribution >= 4 is 21.9 Å². The van der Waals surface area contributed by atoms with Gasteiger partial charge >= 0.3 is 0 Å². The van der Waals surface area contributed by atoms with Gasteiger partial charge in [0.25, 0.3) is 0 Å². The van der Waals surface area contributed by atoms with Crippen molar-refractivity contribution in [1.82, 2.24) is 24.3 Å². The summed E-state index contributed by atoms with van der Waals surface area (Å²) in [5.74, 6) is 1.76. The molecule has 0 amide bonds. The normalized spacial score (nSPS) is 12.5. The van der Waals surface area contributed by atoms with Gasteiger partial charge in [-0.3, -0.25) is 9.67 Å². The van der Waals surface area contributed by atoms with E-state index in [0.29, 0.717) is 0 Å². The quantitative estimate of drug-likeness (QED) is 0.432. The van der Waals surface area contributed by atoms with Crippen LogP contribution in [-0.4, -0.2) is 31.4 Å². The van der Waals surface area contributed by atoms with Gasteiger partial charge in [-0.25, -0.2) is 4.98 Å². The second kappa shape index (κ2) is 6.99. The van der Waals surface area contributed by atoms with Crippen molar-refractivity contribution in [2.24, 2.45) is 7.05 Å². The number of aryl methyl sites for hydroxylation is 2. The Balaban J connectivity index is 1.79. The first-order valence-electron chi connectivity index (χ1n) is 9.96. The number of fused-ring (bicyclic) bond motifs is 3. The van der Waals surface area contributed by atoms with Crippen LogP contribution < -0.4 is 4.74 Å². The van der Waals surface area contributed by atoms with Crippen molar-refractivity contribution in [2.45, 2.75) is 19.9 Å². The predicted molar refractivity (Wildman–Crippen MR) is 119 cm³/mol. The molecule has 0 N–H and O–H groups in total. The number of methoxy groups -OCH3 is 1. The van der Waals surface area contributed by atoms with Crippen LogP contribution in [0.4, 0.5) is 0 Å². The molecule has 0 fully saturated rings. The van der Waals surface area contributed by atoms with Crippen LogP contribution in [0, 0.1) is 6.92 Å². The molecule has 0 aliphatic carbocycles. The molecule has 2 aromatic carbocycles. The van der Waals surface area contributed by atoms with E-state index in [1.807, 2.05) is 38.6 Å². The first-order valence-corrected chi connectivity index (χ1v) is 9.96. The third-order valence-corrected chi connectivity index (χ3v) is 5.70. The molecule has 5 aromatic rings. The summed E-state index contributed by atoms with van der Waals surface area (Å²) >= 11 is 0. The summed E-state index contributed by atoms with van der Waals surface area (Å²) in [6.45, 7) is 4.25. The molecule has 0 spiro atoms. The number of imidazole rings is 1. The molecule has 0 saturated heterocycles. The lowest BCUT2D eigenvalue weighted by molar-refractivity contribution is 0.417. The predicted octanol–water partition coefficient (Wildman–Crippen LogP) is 4.91. The summed E-state index contributed by atoms with van der Waals surface area (Å²) in [7, 11) is 3.61. The van der Waals surface area contributed by atoms with E-state index < -0.39 is 0 Å². The standard InChI is InChI=1S/C24H23N5O/c1-15(17-8-6-5-7-9-17)29-16(2)27-22-13-25-21-10-19(18-12-26-28(3)14-18)23(30-4)11-20(21)24(22)29/h5-15H,1-4H3/t15-/m1/s1. The van der Waals surface area contributed by atoms with Gasteiger partial charge in [0, 0.05) is 29.8 Å². The van der Waals surface area contributed by atoms with Crippen LogP contribution in [0.3, 0.4) is 0 Å². The first-order chi connectivity index (χ1) is 14.6. The summed E-state index contributed by atoms with van der Waals surface area (Å²) in [4.78, 5) is 9.50. The van der Waals surface area contributed by atoms with Gasteiger partial charge in [0.2, 0.25) is 0 Å². The molecule has 6 heteroatoms. The van der Waals surface area contributed by atoms with Gasteiger partial charge in [-0.05, 0) is 31.5 Å². The Hall–Kier alpha value is -3.67. The van der Waals surface area contributed by atoms with E-state index in [4.69, 9.17) is 14.7 Å². The van der Waals surface area contributed by atoms with Crippen molar-refractivity contribution < 1.29 is 4.74 Å². The zero-order valence-electron chi connectivity index (χ0n) is 17.5. The van der Waals surface area contributed by atoms with E-state index in [0.717, 1.165) is 44.6 Å². The van der Waals surface area contributed by atoms with Crippen molar-refractivity contribution in [2.75, 3.05) is 7.11 Å². The molecule has 3 heterocycles. The third kappa shape index (κ3) is 2.84. The van der Waals surface area contributed by atoms with Gasteiger partial charge in [0.15, 0.2) is 0 Å². The molecule has 0 unspecified atom stereocenters. The smallest absolute Gasteiger partial charge is 0.127 e. The summed E-state index contributed by atoms with van der Waals surface area (Å²) in [6.07, 6.45) is 5.68. The zero-order valence-corrected chi connectivity index (χ0v) is 17.5. The summed E-state index contributed by atoms with van der Waals surface area (Å²) in [6, 6.07) is 14.8. The number of hydrogen-bond donors (Lipinski definition) is 0. The van der Waals surface area contributed by atoms with Crippen LogP contribution in [0.2, 0.25) is 0 Å². The highest BCUT2D eigenvalue weighted by Crippen LogP contribution is 2.37. The molecule has 0 aliphatic rings. The molecule has 3 aromatic heterocycles. The third-order valence-electron chi connectivity index (χ3n) is 5.70. The Bertz CT molecular complexity index is 1370. The summed E-state index contributed by atoms with van der Waals surface area (Å²) in [5.41, 5.74) is 6.08. The fourth-order valence-corrected chi connectivity index (χ4v) is 4.23. The van der Waals surface area contributed by atoms with Crippen molar-refractivity contribution in [3.63, 3.8) is 0 Å². The molecular weight excluding hydrogens is 374 g/mol. The van der Waals surface area contributed by atoms with Crippen LogP contribution in [0.5, 0.6) is 5.75 Å². The van der Waals surface area contributed by atoms with Gasteiger partial charge in [-0.15, -0.1) is 0 Å². The molecule has 0 aliphatic heterocycles. The van der Waals surface area contributed by atoms with E-state index in [2.05, 4.69) is 53.0 Å². The van der Waals surface area contributed by atoms with Crippen LogP contribution in [0.1, 0.15) is 24.4 Å². The lowest BCUT2D eigenvalue weighted by Crippen LogP contribution is -2.08. The largest absolute Gasteiger partial charge is 0.496 e. The maximum Gasteiger partial charge on any atom is 0.127 e. The minimum Gasteiger partial charge on any atom is -0.496 e. The van der Waals surface area contributed by atoms with E-state index in [1.54, 1.807) is 11.8 Å². The van der Waals surface area contributed by atoms with Gasteiger partial charge in [-0.1, -0.05) is 30.3 Å². The lowest BCUT2D eigenvalue weighted by atomic mass is 10.0. The number of nitrogens with zero attached hydrogens (tertiary/aromatic N) is 5. The monoisotopic (exact) mass is 397 g/mol. The Labute approximate surface area is 174 Å². The average Bonchev–Trinajstić information content (AvgIpc) is 3.35. The van der Waals surface area contributed by atoms with E-state index >= 15 is 0 Å². The maximum atomic E-state index is 5.76. The molecule has 30 heavy (non-hydrogen) atoms. The van der Waals surface area contributed by atoms with Crippen molar-refractivity contribution in [3.05, 3.63) is 72.4 Å². The fraction of sp³-hybridized carbons (Fsp3) is 0.208. The first kappa shape index (κ1) is 18.4. The molecule has 5 rings (SSSR count). The number of aromatic nitrogens is 5. The molecule has 1 atom stereocenters. The number of hydrogen-bond acceptors (Lipinski definition) is 4. The highest BCUT2D eigenvalue weighted by molar-refractivity contribution is 6.05. The Morgan fingerprint density at radius 3 is 2.53 bits per heavy atom. The Morgan fingerprint density at radius 2 is 1.83 bits per heavy atom. The van der Waals surface area contributed by atoms with E-state index in [1.165, 1.54) is 5.56 Å². The maximum absolute atomic E-state index is 5.76. The van der Waals surface area contributed by atoms with Crippen LogP contribution in [0.25, 0.3) is 33.1 Å². The molecule has 0 bridgehead atoms. The Morgan fingerprint density at radius 1 is 1.03 bits per heavy atom. The Kier molecular flexibility index (Phi) is 4.28. The average molecular weight is 397 g/mol. The minimum absolute atomic E-state index is 0.144. The van der Waals surface area contributed by atoms with Crippen molar-refractivity contribution in [3.8, 4) is 16.9 Å².